The van der Waals surface area contributed by atoms with Gasteiger partial charge in [0.2, 0.25) is 0 Å². The Kier molecular flexibility index (Phi) is 6.13. The third-order valence-electron chi connectivity index (χ3n) is 7.07. The van der Waals surface area contributed by atoms with Gasteiger partial charge in [0.05, 0.1) is 15.2 Å². The van der Waals surface area contributed by atoms with Crippen molar-refractivity contribution in [1.82, 2.24) is 9.97 Å². The summed E-state index contributed by atoms with van der Waals surface area (Å²) in [5.41, 5.74) is -0.371. The molecule has 2 aromatic carbocycles. The molecule has 2 N–H and O–H groups in total. The third-order valence-corrected chi connectivity index (χ3v) is 9.73. The van der Waals surface area contributed by atoms with Crippen LogP contribution in [-0.4, -0.2) is 29.5 Å². The Labute approximate surface area is 204 Å². The fourth-order valence-electron chi connectivity index (χ4n) is 5.51. The van der Waals surface area contributed by atoms with Crippen LogP contribution in [0.3, 0.4) is 0 Å². The number of fused-ring (bicyclic) bond motifs is 2. The van der Waals surface area contributed by atoms with Gasteiger partial charge in [-0.05, 0) is 55.7 Å². The summed E-state index contributed by atoms with van der Waals surface area (Å²) in [7, 11) is -3.87. The zero-order valence-electron chi connectivity index (χ0n) is 18.3. The molecule has 2 aliphatic carbocycles. The maximum Gasteiger partial charge on any atom is 0.255 e. The van der Waals surface area contributed by atoms with E-state index in [0.717, 1.165) is 18.7 Å². The van der Waals surface area contributed by atoms with Crippen LogP contribution in [-0.2, 0) is 9.84 Å². The Bertz CT molecular complexity index is 1360. The topological polar surface area (TPSA) is 91.9 Å². The van der Waals surface area contributed by atoms with Crippen molar-refractivity contribution in [3.05, 3.63) is 76.6 Å². The summed E-state index contributed by atoms with van der Waals surface area (Å²) >= 11 is 6.26. The van der Waals surface area contributed by atoms with E-state index in [9.17, 15) is 26.4 Å². The Hall–Kier alpha value is -2.85. The van der Waals surface area contributed by atoms with Gasteiger partial charge < -0.3 is 10.3 Å². The van der Waals surface area contributed by atoms with E-state index < -0.39 is 38.4 Å². The minimum atomic E-state index is -3.87. The van der Waals surface area contributed by atoms with Gasteiger partial charge in [0, 0.05) is 41.7 Å². The lowest BCUT2D eigenvalue weighted by Gasteiger charge is -2.34. The third kappa shape index (κ3) is 4.33. The van der Waals surface area contributed by atoms with Crippen LogP contribution >= 0.6 is 11.6 Å². The van der Waals surface area contributed by atoms with Gasteiger partial charge in [-0.2, -0.15) is 0 Å². The van der Waals surface area contributed by atoms with Crippen LogP contribution in [0.2, 0.25) is 5.02 Å². The number of nitrogens with one attached hydrogen (secondary N) is 2. The molecule has 11 heteroatoms. The van der Waals surface area contributed by atoms with E-state index in [4.69, 9.17) is 11.6 Å². The second-order valence-corrected chi connectivity index (χ2v) is 11.7. The molecule has 1 amide bonds. The normalized spacial score (nSPS) is 23.9. The number of nitrogens with zero attached hydrogens (tertiary/aromatic N) is 1. The van der Waals surface area contributed by atoms with E-state index >= 15 is 0 Å². The number of hydrogen-bond donors (Lipinski definition) is 2. The van der Waals surface area contributed by atoms with E-state index in [1.807, 2.05) is 0 Å². The number of aromatic amines is 1. The van der Waals surface area contributed by atoms with Gasteiger partial charge in [0.25, 0.3) is 5.91 Å². The highest BCUT2D eigenvalue weighted by Crippen LogP contribution is 2.53. The standard InChI is InChI=1S/C24H21ClF3N3O3S/c25-17-4-3-14(24(32)31-15-10-18(26)22(28)19(27)11-15)9-20(17)35(33,34)16-7-12-1-2-13(8-16)21(12)23-29-5-6-30-23/h3-6,9-13,16,21H,1-2,7-8H2,(H,29,30)(H,31,32)/t12-,13?,16?,21?/m0/s1. The monoisotopic (exact) mass is 523 g/mol. The molecule has 0 spiro atoms. The lowest BCUT2D eigenvalue weighted by atomic mass is 9.78. The van der Waals surface area contributed by atoms with E-state index in [1.54, 1.807) is 12.4 Å². The van der Waals surface area contributed by atoms with Gasteiger partial charge in [-0.15, -0.1) is 0 Å². The zero-order valence-corrected chi connectivity index (χ0v) is 19.8. The first-order chi connectivity index (χ1) is 16.6. The summed E-state index contributed by atoms with van der Waals surface area (Å²) in [4.78, 5) is 20.1. The Morgan fingerprint density at radius 1 is 1.06 bits per heavy atom. The van der Waals surface area contributed by atoms with Crippen molar-refractivity contribution in [1.29, 1.82) is 0 Å². The molecular weight excluding hydrogens is 503 g/mol. The summed E-state index contributed by atoms with van der Waals surface area (Å²) in [6.45, 7) is 0. The number of benzene rings is 2. The molecule has 6 nitrogen and oxygen atoms in total. The molecule has 1 aromatic heterocycles. The van der Waals surface area contributed by atoms with Crippen LogP contribution in [0.5, 0.6) is 0 Å². The van der Waals surface area contributed by atoms with Crippen molar-refractivity contribution in [3.8, 4) is 0 Å². The van der Waals surface area contributed by atoms with Gasteiger partial charge in [-0.3, -0.25) is 4.79 Å². The minimum Gasteiger partial charge on any atom is -0.348 e. The van der Waals surface area contributed by atoms with Gasteiger partial charge >= 0.3 is 0 Å². The Balaban J connectivity index is 1.39. The lowest BCUT2D eigenvalue weighted by Crippen LogP contribution is -2.34. The van der Waals surface area contributed by atoms with Crippen molar-refractivity contribution < 1.29 is 26.4 Å². The molecule has 1 heterocycles. The number of hydrogen-bond acceptors (Lipinski definition) is 4. The number of imidazole rings is 1. The molecule has 184 valence electrons. The first-order valence-corrected chi connectivity index (χ1v) is 13.1. The Morgan fingerprint density at radius 2 is 1.71 bits per heavy atom. The summed E-state index contributed by atoms with van der Waals surface area (Å²) in [6, 6.07) is 5.06. The molecule has 0 saturated heterocycles. The molecule has 2 aliphatic rings. The van der Waals surface area contributed by atoms with Crippen molar-refractivity contribution >= 4 is 33.0 Å². The average molecular weight is 524 g/mol. The Morgan fingerprint density at radius 3 is 2.31 bits per heavy atom. The zero-order chi connectivity index (χ0) is 24.9. The highest BCUT2D eigenvalue weighted by atomic mass is 35.5. The molecule has 2 fully saturated rings. The van der Waals surface area contributed by atoms with Crippen LogP contribution in [0, 0.1) is 29.3 Å². The number of anilines is 1. The maximum atomic E-state index is 13.6. The number of amides is 1. The van der Waals surface area contributed by atoms with Crippen LogP contribution in [0.1, 0.15) is 47.8 Å². The predicted molar refractivity (Wildman–Crippen MR) is 123 cm³/mol. The number of halogens is 4. The molecule has 0 radical (unpaired) electrons. The van der Waals surface area contributed by atoms with Gasteiger partial charge in [0.1, 0.15) is 5.82 Å². The van der Waals surface area contributed by atoms with E-state index in [0.29, 0.717) is 25.0 Å². The number of aromatic nitrogens is 2. The summed E-state index contributed by atoms with van der Waals surface area (Å²) in [6.07, 6.45) is 6.23. The molecular formula is C24H21ClF3N3O3S. The average Bonchev–Trinajstić information content (AvgIpc) is 3.42. The van der Waals surface area contributed by atoms with Crippen LogP contribution in [0.15, 0.2) is 47.6 Å². The molecule has 35 heavy (non-hydrogen) atoms. The largest absolute Gasteiger partial charge is 0.348 e. The maximum absolute atomic E-state index is 13.6. The molecule has 4 atom stereocenters. The number of H-pyrrole nitrogens is 1. The number of rotatable bonds is 5. The second kappa shape index (κ2) is 8.98. The van der Waals surface area contributed by atoms with Crippen LogP contribution in [0.4, 0.5) is 18.9 Å². The van der Waals surface area contributed by atoms with Gasteiger partial charge in [-0.1, -0.05) is 11.6 Å². The highest BCUT2D eigenvalue weighted by molar-refractivity contribution is 7.92. The van der Waals surface area contributed by atoms with E-state index in [2.05, 4.69) is 15.3 Å². The van der Waals surface area contributed by atoms with Crippen molar-refractivity contribution in [2.45, 2.75) is 41.7 Å². The van der Waals surface area contributed by atoms with Crippen molar-refractivity contribution in [3.63, 3.8) is 0 Å². The summed E-state index contributed by atoms with van der Waals surface area (Å²) in [5, 5.41) is 1.59. The van der Waals surface area contributed by atoms with Crippen LogP contribution < -0.4 is 5.32 Å². The minimum absolute atomic E-state index is 0.0130. The summed E-state index contributed by atoms with van der Waals surface area (Å²) in [5.74, 6) is -3.96. The molecule has 2 bridgehead atoms. The fourth-order valence-corrected chi connectivity index (χ4v) is 7.94. The summed E-state index contributed by atoms with van der Waals surface area (Å²) < 4.78 is 67.4. The molecule has 0 aliphatic heterocycles. The van der Waals surface area contributed by atoms with Crippen LogP contribution in [0.25, 0.3) is 0 Å². The molecule has 3 aromatic rings. The van der Waals surface area contributed by atoms with Crippen molar-refractivity contribution in [2.24, 2.45) is 11.8 Å². The predicted octanol–water partition coefficient (Wildman–Crippen LogP) is 5.48. The highest BCUT2D eigenvalue weighted by Gasteiger charge is 2.48. The smallest absolute Gasteiger partial charge is 0.255 e. The number of carbonyl (C=O) groups is 1. The lowest BCUT2D eigenvalue weighted by molar-refractivity contribution is 0.102. The molecule has 5 rings (SSSR count). The van der Waals surface area contributed by atoms with Gasteiger partial charge in [-0.25, -0.2) is 26.6 Å². The van der Waals surface area contributed by atoms with Crippen molar-refractivity contribution in [2.75, 3.05) is 5.32 Å². The molecule has 3 unspecified atom stereocenters. The van der Waals surface area contributed by atoms with E-state index in [-0.39, 0.29) is 38.9 Å². The SMILES string of the molecule is O=C(Nc1cc(F)c(F)c(F)c1)c1ccc(Cl)c(S(=O)(=O)C2CC3CC[C@@H](C2)C3c2ncc[nH]2)c1. The number of carbonyl (C=O) groups excluding carboxylic acids is 1. The fraction of sp³-hybridized carbons (Fsp3) is 0.333. The first kappa shape index (κ1) is 23.9. The van der Waals surface area contributed by atoms with E-state index in [1.165, 1.54) is 18.2 Å². The van der Waals surface area contributed by atoms with Gasteiger partial charge in [0.15, 0.2) is 27.3 Å². The quantitative estimate of drug-likeness (QED) is 0.433. The molecule has 2 saturated carbocycles. The first-order valence-electron chi connectivity index (χ1n) is 11.1. The second-order valence-electron chi connectivity index (χ2n) is 9.09. The number of sulfone groups is 1.